The van der Waals surface area contributed by atoms with Crippen LogP contribution in [0.2, 0.25) is 5.02 Å². The van der Waals surface area contributed by atoms with Gasteiger partial charge in [0.15, 0.2) is 5.65 Å². The van der Waals surface area contributed by atoms with Gasteiger partial charge in [-0.15, -0.1) is 0 Å². The highest BCUT2D eigenvalue weighted by Gasteiger charge is 2.14. The highest BCUT2D eigenvalue weighted by Crippen LogP contribution is 2.24. The summed E-state index contributed by atoms with van der Waals surface area (Å²) in [5.74, 6) is -0.273. The number of amides is 2. The Morgan fingerprint density at radius 3 is 2.67 bits per heavy atom. The number of hydrogen-bond donors (Lipinski definition) is 2. The van der Waals surface area contributed by atoms with Gasteiger partial charge in [-0.1, -0.05) is 11.6 Å². The molecule has 0 aliphatic rings. The molecule has 0 unspecified atom stereocenters. The molecule has 0 aliphatic carbocycles. The van der Waals surface area contributed by atoms with Crippen LogP contribution in [0.5, 0.6) is 0 Å². The minimum Gasteiger partial charge on any atom is -0.336 e. The van der Waals surface area contributed by atoms with Gasteiger partial charge in [0.2, 0.25) is 0 Å². The van der Waals surface area contributed by atoms with Crippen molar-refractivity contribution in [3.05, 3.63) is 77.5 Å². The zero-order valence-electron chi connectivity index (χ0n) is 15.6. The lowest BCUT2D eigenvalue weighted by Gasteiger charge is -2.11. The van der Waals surface area contributed by atoms with Crippen LogP contribution in [0.4, 0.5) is 19.3 Å². The van der Waals surface area contributed by atoms with Gasteiger partial charge in [0, 0.05) is 30.5 Å². The molecule has 0 radical (unpaired) electrons. The van der Waals surface area contributed by atoms with E-state index in [1.807, 2.05) is 10.6 Å². The van der Waals surface area contributed by atoms with Crippen LogP contribution in [-0.4, -0.2) is 27.1 Å². The maximum Gasteiger partial charge on any atom is 0.319 e. The summed E-state index contributed by atoms with van der Waals surface area (Å²) in [5, 5.41) is 5.25. The second-order valence-electron chi connectivity index (χ2n) is 6.45. The Balaban J connectivity index is 1.49. The van der Waals surface area contributed by atoms with Crippen LogP contribution in [0.1, 0.15) is 0 Å². The second kappa shape index (κ2) is 8.46. The predicted octanol–water partition coefficient (Wildman–Crippen LogP) is 4.85. The average molecular weight is 428 g/mol. The highest BCUT2D eigenvalue weighted by molar-refractivity contribution is 6.31. The Kier molecular flexibility index (Phi) is 5.58. The van der Waals surface area contributed by atoms with Crippen molar-refractivity contribution in [2.45, 2.75) is 6.54 Å². The van der Waals surface area contributed by atoms with Crippen LogP contribution in [-0.2, 0) is 6.54 Å². The Morgan fingerprint density at radius 2 is 1.90 bits per heavy atom. The number of benzene rings is 2. The summed E-state index contributed by atoms with van der Waals surface area (Å²) in [6.45, 7) is 0.662. The standard InChI is InChI=1S/C21H16ClF2N5O/c22-16-12-15(7-8-17(16)24)27-21(30)26-10-11-29-19(13-3-5-14(23)6-4-13)28-18-2-1-9-25-20(18)29/h1-9,12H,10-11H2,(H2,26,27,30). The molecule has 0 saturated carbocycles. The molecule has 4 rings (SSSR count). The number of nitrogens with zero attached hydrogens (tertiary/aromatic N) is 3. The van der Waals surface area contributed by atoms with E-state index in [0.717, 1.165) is 5.56 Å². The quantitative estimate of drug-likeness (QED) is 0.478. The van der Waals surface area contributed by atoms with Crippen LogP contribution >= 0.6 is 11.6 Å². The molecule has 0 saturated heterocycles. The zero-order chi connectivity index (χ0) is 21.1. The Hall–Kier alpha value is -3.52. The van der Waals surface area contributed by atoms with Crippen molar-refractivity contribution >= 4 is 34.5 Å². The van der Waals surface area contributed by atoms with E-state index < -0.39 is 11.8 Å². The highest BCUT2D eigenvalue weighted by atomic mass is 35.5. The topological polar surface area (TPSA) is 71.8 Å². The first kappa shape index (κ1) is 19.8. The van der Waals surface area contributed by atoms with Crippen LogP contribution in [0, 0.1) is 11.6 Å². The first-order valence-corrected chi connectivity index (χ1v) is 9.46. The van der Waals surface area contributed by atoms with Crippen LogP contribution in [0.15, 0.2) is 60.8 Å². The van der Waals surface area contributed by atoms with Crippen LogP contribution < -0.4 is 10.6 Å². The molecule has 6 nitrogen and oxygen atoms in total. The molecular formula is C21H16ClF2N5O. The first-order chi connectivity index (χ1) is 14.5. The number of imidazole rings is 1. The zero-order valence-corrected chi connectivity index (χ0v) is 16.3. The molecule has 2 aromatic heterocycles. The number of halogens is 3. The number of urea groups is 1. The van der Waals surface area contributed by atoms with E-state index in [9.17, 15) is 13.6 Å². The molecule has 2 amide bonds. The van der Waals surface area contributed by atoms with E-state index in [1.54, 1.807) is 24.4 Å². The third-order valence-electron chi connectivity index (χ3n) is 4.40. The number of nitrogens with one attached hydrogen (secondary N) is 2. The van der Waals surface area contributed by atoms with E-state index in [0.29, 0.717) is 29.2 Å². The second-order valence-corrected chi connectivity index (χ2v) is 6.86. The largest absolute Gasteiger partial charge is 0.336 e. The number of carbonyl (C=O) groups excluding carboxylic acids is 1. The lowest BCUT2D eigenvalue weighted by molar-refractivity contribution is 0.251. The van der Waals surface area contributed by atoms with Crippen molar-refractivity contribution in [1.29, 1.82) is 0 Å². The number of carbonyl (C=O) groups is 1. The van der Waals surface area contributed by atoms with Crippen LogP contribution in [0.3, 0.4) is 0 Å². The fourth-order valence-corrected chi connectivity index (χ4v) is 3.20. The summed E-state index contributed by atoms with van der Waals surface area (Å²) in [6, 6.07) is 13.1. The van der Waals surface area contributed by atoms with E-state index >= 15 is 0 Å². The Labute approximate surface area is 175 Å². The van der Waals surface area contributed by atoms with Gasteiger partial charge < -0.3 is 15.2 Å². The molecule has 0 spiro atoms. The lowest BCUT2D eigenvalue weighted by atomic mass is 10.2. The maximum atomic E-state index is 13.3. The molecular weight excluding hydrogens is 412 g/mol. The number of hydrogen-bond acceptors (Lipinski definition) is 3. The molecule has 4 aromatic rings. The van der Waals surface area contributed by atoms with Gasteiger partial charge in [0.05, 0.1) is 5.02 Å². The summed E-state index contributed by atoms with van der Waals surface area (Å²) < 4.78 is 28.4. The van der Waals surface area contributed by atoms with Crippen molar-refractivity contribution in [3.8, 4) is 11.4 Å². The monoisotopic (exact) mass is 427 g/mol. The number of rotatable bonds is 5. The van der Waals surface area contributed by atoms with Gasteiger partial charge >= 0.3 is 6.03 Å². The van der Waals surface area contributed by atoms with Crippen LogP contribution in [0.25, 0.3) is 22.6 Å². The fourth-order valence-electron chi connectivity index (χ4n) is 3.02. The third kappa shape index (κ3) is 4.23. The van der Waals surface area contributed by atoms with E-state index in [1.165, 1.54) is 30.3 Å². The summed E-state index contributed by atoms with van der Waals surface area (Å²) >= 11 is 5.72. The predicted molar refractivity (Wildman–Crippen MR) is 111 cm³/mol. The van der Waals surface area contributed by atoms with E-state index in [4.69, 9.17) is 11.6 Å². The Bertz CT molecular complexity index is 1210. The van der Waals surface area contributed by atoms with Crippen molar-refractivity contribution in [2.75, 3.05) is 11.9 Å². The van der Waals surface area contributed by atoms with E-state index in [2.05, 4.69) is 20.6 Å². The van der Waals surface area contributed by atoms with Gasteiger partial charge in [0.25, 0.3) is 0 Å². The number of fused-ring (bicyclic) bond motifs is 1. The SMILES string of the molecule is O=C(NCCn1c(-c2ccc(F)cc2)nc2cccnc21)Nc1ccc(F)c(Cl)c1. The van der Waals surface area contributed by atoms with E-state index in [-0.39, 0.29) is 17.4 Å². The molecule has 0 fully saturated rings. The van der Waals surface area contributed by atoms with Gasteiger partial charge in [0.1, 0.15) is 23.0 Å². The van der Waals surface area contributed by atoms with Gasteiger partial charge in [-0.25, -0.2) is 23.5 Å². The smallest absolute Gasteiger partial charge is 0.319 e. The summed E-state index contributed by atoms with van der Waals surface area (Å²) in [7, 11) is 0. The molecule has 2 N–H and O–H groups in total. The van der Waals surface area contributed by atoms with Gasteiger partial charge in [-0.05, 0) is 54.6 Å². The number of pyridine rings is 1. The van der Waals surface area contributed by atoms with Gasteiger partial charge in [-0.2, -0.15) is 0 Å². The maximum absolute atomic E-state index is 13.3. The van der Waals surface area contributed by atoms with Gasteiger partial charge in [-0.3, -0.25) is 0 Å². The molecule has 152 valence electrons. The average Bonchev–Trinajstić information content (AvgIpc) is 3.10. The number of anilines is 1. The Morgan fingerprint density at radius 1 is 1.10 bits per heavy atom. The molecule has 0 bridgehead atoms. The molecule has 2 heterocycles. The molecule has 30 heavy (non-hydrogen) atoms. The third-order valence-corrected chi connectivity index (χ3v) is 4.69. The van der Waals surface area contributed by atoms with Crippen molar-refractivity contribution in [3.63, 3.8) is 0 Å². The molecule has 0 atom stereocenters. The lowest BCUT2D eigenvalue weighted by Crippen LogP contribution is -2.31. The van der Waals surface area contributed by atoms with Crippen molar-refractivity contribution in [1.82, 2.24) is 19.9 Å². The molecule has 2 aromatic carbocycles. The normalized spacial score (nSPS) is 10.9. The summed E-state index contributed by atoms with van der Waals surface area (Å²) in [6.07, 6.45) is 1.66. The first-order valence-electron chi connectivity index (χ1n) is 9.08. The van der Waals surface area contributed by atoms with Crippen molar-refractivity contribution < 1.29 is 13.6 Å². The minimum absolute atomic E-state index is 0.0762. The number of aromatic nitrogens is 3. The summed E-state index contributed by atoms with van der Waals surface area (Å²) in [4.78, 5) is 21.1. The van der Waals surface area contributed by atoms with Crippen molar-refractivity contribution in [2.24, 2.45) is 0 Å². The fraction of sp³-hybridized carbons (Fsp3) is 0.0952. The minimum atomic E-state index is -0.560. The summed E-state index contributed by atoms with van der Waals surface area (Å²) in [5.41, 5.74) is 2.46. The molecule has 0 aliphatic heterocycles. The molecule has 9 heteroatoms.